The summed E-state index contributed by atoms with van der Waals surface area (Å²) in [5.41, 5.74) is 3.09. The van der Waals surface area contributed by atoms with Crippen LogP contribution in [0.5, 0.6) is 0 Å². The van der Waals surface area contributed by atoms with Crippen molar-refractivity contribution in [3.05, 3.63) is 74.3 Å². The van der Waals surface area contributed by atoms with Crippen LogP contribution in [0.15, 0.2) is 29.2 Å². The number of aromatic amines is 1. The van der Waals surface area contributed by atoms with Gasteiger partial charge < -0.3 is 10.3 Å². The molecular weight excluding hydrogens is 364 g/mol. The summed E-state index contributed by atoms with van der Waals surface area (Å²) in [6.07, 6.45) is 2.49. The van der Waals surface area contributed by atoms with E-state index in [4.69, 9.17) is 0 Å². The van der Waals surface area contributed by atoms with E-state index < -0.39 is 17.7 Å². The van der Waals surface area contributed by atoms with E-state index in [0.717, 1.165) is 17.1 Å². The van der Waals surface area contributed by atoms with Crippen LogP contribution < -0.4 is 10.9 Å². The Morgan fingerprint density at radius 3 is 2.89 bits per heavy atom. The third kappa shape index (κ3) is 3.06. The zero-order valence-corrected chi connectivity index (χ0v) is 15.5. The van der Waals surface area contributed by atoms with Crippen molar-refractivity contribution in [1.29, 1.82) is 0 Å². The van der Waals surface area contributed by atoms with Gasteiger partial charge in [0.25, 0.3) is 5.56 Å². The number of halogens is 2. The molecule has 2 heterocycles. The third-order valence-electron chi connectivity index (χ3n) is 5.39. The standard InChI is InChI=1S/C21H19F2N3O2/c1-10-14(21(28)26-17-5-6-24-11(2)19(10)17)9-18(27)25-16-4-3-12-7-13(22)8-15(23)20(12)16/h5-8,16H,3-4,9H2,1-2H3,(H,25,27)(H,26,28)/t16-/m0/s1. The van der Waals surface area contributed by atoms with Gasteiger partial charge in [0.1, 0.15) is 11.6 Å². The first-order valence-corrected chi connectivity index (χ1v) is 9.09. The minimum absolute atomic E-state index is 0.125. The molecule has 28 heavy (non-hydrogen) atoms. The van der Waals surface area contributed by atoms with Crippen LogP contribution in [0.25, 0.3) is 10.9 Å². The number of carbonyl (C=O) groups excluding carboxylic acids is 1. The number of pyridine rings is 2. The van der Waals surface area contributed by atoms with Gasteiger partial charge in [0.05, 0.1) is 18.0 Å². The molecule has 144 valence electrons. The number of nitrogens with one attached hydrogen (secondary N) is 2. The summed E-state index contributed by atoms with van der Waals surface area (Å²) >= 11 is 0. The summed E-state index contributed by atoms with van der Waals surface area (Å²) in [5.74, 6) is -1.65. The van der Waals surface area contributed by atoms with Crippen molar-refractivity contribution < 1.29 is 13.6 Å². The van der Waals surface area contributed by atoms with Crippen molar-refractivity contribution in [2.75, 3.05) is 0 Å². The molecule has 0 aliphatic heterocycles. The van der Waals surface area contributed by atoms with Crippen molar-refractivity contribution >= 4 is 16.8 Å². The smallest absolute Gasteiger partial charge is 0.252 e. The molecule has 0 fully saturated rings. The van der Waals surface area contributed by atoms with E-state index >= 15 is 0 Å². The first-order chi connectivity index (χ1) is 13.3. The van der Waals surface area contributed by atoms with E-state index in [0.29, 0.717) is 40.6 Å². The van der Waals surface area contributed by atoms with E-state index in [1.807, 2.05) is 6.92 Å². The Balaban J connectivity index is 1.61. The first kappa shape index (κ1) is 18.3. The topological polar surface area (TPSA) is 74.8 Å². The number of aryl methyl sites for hydroxylation is 3. The van der Waals surface area contributed by atoms with Gasteiger partial charge in [-0.3, -0.25) is 14.6 Å². The minimum atomic E-state index is -0.653. The number of H-pyrrole nitrogens is 1. The van der Waals surface area contributed by atoms with Crippen LogP contribution in [0.2, 0.25) is 0 Å². The lowest BCUT2D eigenvalue weighted by Gasteiger charge is -2.16. The molecule has 4 rings (SSSR count). The van der Waals surface area contributed by atoms with Gasteiger partial charge in [-0.05, 0) is 49.9 Å². The van der Waals surface area contributed by atoms with Crippen molar-refractivity contribution in [2.24, 2.45) is 0 Å². The summed E-state index contributed by atoms with van der Waals surface area (Å²) in [7, 11) is 0. The molecule has 0 bridgehead atoms. The van der Waals surface area contributed by atoms with Crippen LogP contribution in [0.1, 0.15) is 40.4 Å². The maximum absolute atomic E-state index is 14.2. The van der Waals surface area contributed by atoms with Gasteiger partial charge >= 0.3 is 0 Å². The second-order valence-electron chi connectivity index (χ2n) is 7.17. The summed E-state index contributed by atoms with van der Waals surface area (Å²) < 4.78 is 27.6. The molecule has 1 aliphatic rings. The SMILES string of the molecule is Cc1nccc2[nH]c(=O)c(CC(=O)N[C@H]3CCc4cc(F)cc(F)c43)c(C)c12. The van der Waals surface area contributed by atoms with Crippen molar-refractivity contribution in [2.45, 2.75) is 39.2 Å². The van der Waals surface area contributed by atoms with Gasteiger partial charge in [-0.1, -0.05) is 0 Å². The zero-order valence-electron chi connectivity index (χ0n) is 15.5. The Morgan fingerprint density at radius 2 is 2.11 bits per heavy atom. The molecule has 0 unspecified atom stereocenters. The van der Waals surface area contributed by atoms with Crippen molar-refractivity contribution in [3.63, 3.8) is 0 Å². The van der Waals surface area contributed by atoms with Gasteiger partial charge in [-0.25, -0.2) is 8.78 Å². The summed E-state index contributed by atoms with van der Waals surface area (Å²) in [6.45, 7) is 3.64. The number of fused-ring (bicyclic) bond motifs is 2. The van der Waals surface area contributed by atoms with Crippen LogP contribution in [0.4, 0.5) is 8.78 Å². The van der Waals surface area contributed by atoms with Gasteiger partial charge in [0.2, 0.25) is 5.91 Å². The van der Waals surface area contributed by atoms with Crippen LogP contribution in [-0.4, -0.2) is 15.9 Å². The van der Waals surface area contributed by atoms with E-state index in [1.54, 1.807) is 19.2 Å². The highest BCUT2D eigenvalue weighted by Gasteiger charge is 2.28. The maximum Gasteiger partial charge on any atom is 0.252 e. The molecule has 0 spiro atoms. The molecule has 5 nitrogen and oxygen atoms in total. The quantitative estimate of drug-likeness (QED) is 0.730. The molecule has 2 N–H and O–H groups in total. The van der Waals surface area contributed by atoms with Crippen molar-refractivity contribution in [3.8, 4) is 0 Å². The highest BCUT2D eigenvalue weighted by Crippen LogP contribution is 2.34. The third-order valence-corrected chi connectivity index (χ3v) is 5.39. The van der Waals surface area contributed by atoms with Crippen LogP contribution >= 0.6 is 0 Å². The average molecular weight is 383 g/mol. The molecule has 1 amide bonds. The number of nitrogens with zero attached hydrogens (tertiary/aromatic N) is 1. The largest absolute Gasteiger partial charge is 0.349 e. The Kier molecular flexibility index (Phi) is 4.45. The lowest BCUT2D eigenvalue weighted by atomic mass is 10.0. The van der Waals surface area contributed by atoms with E-state index in [9.17, 15) is 18.4 Å². The first-order valence-electron chi connectivity index (χ1n) is 9.09. The van der Waals surface area contributed by atoms with Crippen LogP contribution in [0.3, 0.4) is 0 Å². The number of rotatable bonds is 3. The molecule has 0 saturated carbocycles. The normalized spacial score (nSPS) is 15.6. The molecular formula is C21H19F2N3O2. The van der Waals surface area contributed by atoms with Crippen LogP contribution in [0, 0.1) is 25.5 Å². The fraction of sp³-hybridized carbons (Fsp3) is 0.286. The fourth-order valence-electron chi connectivity index (χ4n) is 4.11. The number of benzene rings is 1. The lowest BCUT2D eigenvalue weighted by molar-refractivity contribution is -0.121. The number of hydrogen-bond donors (Lipinski definition) is 2. The Bertz CT molecular complexity index is 1170. The van der Waals surface area contributed by atoms with Gasteiger partial charge in [0.15, 0.2) is 0 Å². The second kappa shape index (κ2) is 6.82. The monoisotopic (exact) mass is 383 g/mol. The average Bonchev–Trinajstić information content (AvgIpc) is 3.01. The number of aromatic nitrogens is 2. The van der Waals surface area contributed by atoms with Crippen molar-refractivity contribution in [1.82, 2.24) is 15.3 Å². The molecule has 1 aromatic carbocycles. The van der Waals surface area contributed by atoms with E-state index in [2.05, 4.69) is 15.3 Å². The fourth-order valence-corrected chi connectivity index (χ4v) is 4.11. The van der Waals surface area contributed by atoms with E-state index in [-0.39, 0.29) is 17.9 Å². The summed E-state index contributed by atoms with van der Waals surface area (Å²) in [6, 6.07) is 3.33. The molecule has 2 aromatic heterocycles. The second-order valence-corrected chi connectivity index (χ2v) is 7.17. The highest BCUT2D eigenvalue weighted by molar-refractivity contribution is 5.87. The maximum atomic E-state index is 14.2. The Labute approximate surface area is 159 Å². The Hall–Kier alpha value is -3.09. The summed E-state index contributed by atoms with van der Waals surface area (Å²) in [5, 5.41) is 3.61. The molecule has 0 radical (unpaired) electrons. The number of amides is 1. The minimum Gasteiger partial charge on any atom is -0.349 e. The van der Waals surface area contributed by atoms with Crippen LogP contribution in [-0.2, 0) is 17.6 Å². The molecule has 0 saturated heterocycles. The highest BCUT2D eigenvalue weighted by atomic mass is 19.1. The predicted molar refractivity (Wildman–Crippen MR) is 101 cm³/mol. The molecule has 7 heteroatoms. The lowest BCUT2D eigenvalue weighted by Crippen LogP contribution is -2.31. The molecule has 3 aromatic rings. The number of hydrogen-bond acceptors (Lipinski definition) is 3. The Morgan fingerprint density at radius 1 is 1.32 bits per heavy atom. The molecule has 1 atom stereocenters. The number of carbonyl (C=O) groups is 1. The summed E-state index contributed by atoms with van der Waals surface area (Å²) in [4.78, 5) is 32.1. The zero-order chi connectivity index (χ0) is 20.0. The van der Waals surface area contributed by atoms with Gasteiger partial charge in [-0.15, -0.1) is 0 Å². The molecule has 1 aliphatic carbocycles. The van der Waals surface area contributed by atoms with Gasteiger partial charge in [-0.2, -0.15) is 0 Å². The predicted octanol–water partition coefficient (Wildman–Crippen LogP) is 3.16. The van der Waals surface area contributed by atoms with E-state index in [1.165, 1.54) is 6.07 Å². The van der Waals surface area contributed by atoms with Gasteiger partial charge in [0, 0.05) is 34.5 Å².